The Kier molecular flexibility index (Phi) is 10.1. The van der Waals surface area contributed by atoms with Crippen molar-refractivity contribution in [3.8, 4) is 11.5 Å². The van der Waals surface area contributed by atoms with Crippen LogP contribution in [0.25, 0.3) is 0 Å². The van der Waals surface area contributed by atoms with Crippen LogP contribution in [0, 0.1) is 6.92 Å². The molecule has 0 bridgehead atoms. The van der Waals surface area contributed by atoms with Crippen molar-refractivity contribution in [2.45, 2.75) is 64.6 Å². The fourth-order valence-electron chi connectivity index (χ4n) is 5.80. The maximum atomic E-state index is 14.5. The molecule has 5 rings (SSSR count). The number of sulfonamides is 1. The van der Waals surface area contributed by atoms with Crippen LogP contribution >= 0.6 is 0 Å². The van der Waals surface area contributed by atoms with E-state index in [1.54, 1.807) is 30.0 Å². The standard InChI is InChI=1S/C34H41N3O6S/c1-3-44(40,41)37(29-17-18-31-32(22-29)43-20-19-42-31)24-33(38)36(23-27-14-8-7-11-25(27)2)30(21-26-12-5-4-6-13-26)34(39)35-28-15-9-10-16-28/h4-8,11-14,17-18,22,28,30H,3,9-10,15-16,19-21,23-24H2,1-2H3,(H,35,39). The molecule has 3 aromatic rings. The van der Waals surface area contributed by atoms with Crippen molar-refractivity contribution in [2.24, 2.45) is 0 Å². The quantitative estimate of drug-likeness (QED) is 0.317. The van der Waals surface area contributed by atoms with Crippen LogP contribution in [0.15, 0.2) is 72.8 Å². The zero-order valence-electron chi connectivity index (χ0n) is 25.4. The predicted octanol–water partition coefficient (Wildman–Crippen LogP) is 4.62. The summed E-state index contributed by atoms with van der Waals surface area (Å²) in [6, 6.07) is 21.4. The second-order valence-corrected chi connectivity index (χ2v) is 13.6. The van der Waals surface area contributed by atoms with Crippen LogP contribution in [0.2, 0.25) is 0 Å². The number of ether oxygens (including phenoxy) is 2. The molecule has 44 heavy (non-hydrogen) atoms. The zero-order chi connectivity index (χ0) is 31.1. The van der Waals surface area contributed by atoms with Crippen molar-refractivity contribution in [2.75, 3.05) is 29.8 Å². The molecule has 1 aliphatic heterocycles. The first-order valence-corrected chi connectivity index (χ1v) is 16.9. The van der Waals surface area contributed by atoms with Gasteiger partial charge < -0.3 is 19.7 Å². The lowest BCUT2D eigenvalue weighted by molar-refractivity contribution is -0.140. The van der Waals surface area contributed by atoms with Gasteiger partial charge in [-0.3, -0.25) is 13.9 Å². The molecule has 3 aromatic carbocycles. The largest absolute Gasteiger partial charge is 0.486 e. The zero-order valence-corrected chi connectivity index (χ0v) is 26.2. The SMILES string of the molecule is CCS(=O)(=O)N(CC(=O)N(Cc1ccccc1C)C(Cc1ccccc1)C(=O)NC1CCCC1)c1ccc2c(c1)OCCO2. The summed E-state index contributed by atoms with van der Waals surface area (Å²) in [5.74, 6) is 0.0388. The smallest absolute Gasteiger partial charge is 0.244 e. The molecule has 0 spiro atoms. The Morgan fingerprint density at radius 1 is 0.932 bits per heavy atom. The molecular weight excluding hydrogens is 578 g/mol. The first-order valence-electron chi connectivity index (χ1n) is 15.3. The number of anilines is 1. The summed E-state index contributed by atoms with van der Waals surface area (Å²) in [7, 11) is -3.88. The monoisotopic (exact) mass is 619 g/mol. The van der Waals surface area contributed by atoms with Crippen LogP contribution in [-0.2, 0) is 32.6 Å². The summed E-state index contributed by atoms with van der Waals surface area (Å²) in [6.07, 6.45) is 4.21. The third-order valence-corrected chi connectivity index (χ3v) is 10.1. The summed E-state index contributed by atoms with van der Waals surface area (Å²) in [4.78, 5) is 30.0. The van der Waals surface area contributed by atoms with Crippen LogP contribution in [0.5, 0.6) is 11.5 Å². The van der Waals surface area contributed by atoms with Crippen LogP contribution < -0.4 is 19.1 Å². The summed E-state index contributed by atoms with van der Waals surface area (Å²) < 4.78 is 39.4. The van der Waals surface area contributed by atoms with Gasteiger partial charge in [-0.1, -0.05) is 67.4 Å². The maximum Gasteiger partial charge on any atom is 0.244 e. The normalized spacial score (nSPS) is 15.4. The molecule has 1 aliphatic carbocycles. The van der Waals surface area contributed by atoms with E-state index in [9.17, 15) is 18.0 Å². The van der Waals surface area contributed by atoms with E-state index >= 15 is 0 Å². The van der Waals surface area contributed by atoms with Gasteiger partial charge in [-0.05, 0) is 55.5 Å². The molecule has 0 aromatic heterocycles. The molecule has 1 saturated carbocycles. The Morgan fingerprint density at radius 3 is 2.32 bits per heavy atom. The minimum absolute atomic E-state index is 0.0610. The number of nitrogens with zero attached hydrogens (tertiary/aromatic N) is 2. The Morgan fingerprint density at radius 2 is 1.61 bits per heavy atom. The molecule has 1 N–H and O–H groups in total. The van der Waals surface area contributed by atoms with E-state index in [0.29, 0.717) is 36.8 Å². The fourth-order valence-corrected chi connectivity index (χ4v) is 6.85. The molecule has 1 atom stereocenters. The minimum atomic E-state index is -3.88. The minimum Gasteiger partial charge on any atom is -0.486 e. The van der Waals surface area contributed by atoms with E-state index in [4.69, 9.17) is 9.47 Å². The summed E-state index contributed by atoms with van der Waals surface area (Å²) >= 11 is 0. The third kappa shape index (κ3) is 7.53. The fraction of sp³-hybridized carbons (Fsp3) is 0.412. The van der Waals surface area contributed by atoms with E-state index in [1.807, 2.05) is 61.5 Å². The van der Waals surface area contributed by atoms with Gasteiger partial charge in [0, 0.05) is 25.1 Å². The number of fused-ring (bicyclic) bond motifs is 1. The van der Waals surface area contributed by atoms with Gasteiger partial charge in [0.25, 0.3) is 0 Å². The highest BCUT2D eigenvalue weighted by Crippen LogP contribution is 2.35. The molecule has 0 saturated heterocycles. The van der Waals surface area contributed by atoms with Crippen molar-refractivity contribution in [3.05, 3.63) is 89.5 Å². The highest BCUT2D eigenvalue weighted by Gasteiger charge is 2.35. The molecule has 2 aliphatic rings. The number of aryl methyl sites for hydroxylation is 1. The van der Waals surface area contributed by atoms with Gasteiger partial charge in [-0.25, -0.2) is 8.42 Å². The summed E-state index contributed by atoms with van der Waals surface area (Å²) in [5, 5.41) is 3.20. The van der Waals surface area contributed by atoms with Crippen LogP contribution in [0.1, 0.15) is 49.3 Å². The number of hydrogen-bond donors (Lipinski definition) is 1. The lowest BCUT2D eigenvalue weighted by Crippen LogP contribution is -2.54. The summed E-state index contributed by atoms with van der Waals surface area (Å²) in [5.41, 5.74) is 3.07. The molecule has 234 valence electrons. The van der Waals surface area contributed by atoms with Gasteiger partial charge >= 0.3 is 0 Å². The molecular formula is C34H41N3O6S. The van der Waals surface area contributed by atoms with E-state index in [2.05, 4.69) is 5.32 Å². The van der Waals surface area contributed by atoms with Crippen LogP contribution in [0.3, 0.4) is 0 Å². The van der Waals surface area contributed by atoms with Crippen molar-refractivity contribution in [3.63, 3.8) is 0 Å². The van der Waals surface area contributed by atoms with E-state index < -0.39 is 28.5 Å². The number of carbonyl (C=O) groups excluding carboxylic acids is 2. The van der Waals surface area contributed by atoms with Gasteiger partial charge in [0.1, 0.15) is 25.8 Å². The van der Waals surface area contributed by atoms with Crippen LogP contribution in [0.4, 0.5) is 5.69 Å². The van der Waals surface area contributed by atoms with E-state index in [1.165, 1.54) is 0 Å². The molecule has 2 amide bonds. The summed E-state index contributed by atoms with van der Waals surface area (Å²) in [6.45, 7) is 3.94. The number of rotatable bonds is 12. The van der Waals surface area contributed by atoms with Crippen molar-refractivity contribution >= 4 is 27.5 Å². The van der Waals surface area contributed by atoms with Crippen molar-refractivity contribution in [1.29, 1.82) is 0 Å². The first kappa shape index (κ1) is 31.4. The Labute approximate surface area is 260 Å². The number of benzene rings is 3. The third-order valence-electron chi connectivity index (χ3n) is 8.37. The molecule has 1 unspecified atom stereocenters. The highest BCUT2D eigenvalue weighted by atomic mass is 32.2. The number of amides is 2. The average Bonchev–Trinajstić information content (AvgIpc) is 3.55. The molecule has 1 heterocycles. The van der Waals surface area contributed by atoms with Gasteiger partial charge in [0.2, 0.25) is 21.8 Å². The van der Waals surface area contributed by atoms with Gasteiger partial charge in [-0.15, -0.1) is 0 Å². The second kappa shape index (κ2) is 14.2. The molecule has 9 nitrogen and oxygen atoms in total. The highest BCUT2D eigenvalue weighted by molar-refractivity contribution is 7.92. The molecule has 0 radical (unpaired) electrons. The lowest BCUT2D eigenvalue weighted by Gasteiger charge is -2.34. The lowest BCUT2D eigenvalue weighted by atomic mass is 10.0. The van der Waals surface area contributed by atoms with Gasteiger partial charge in [0.15, 0.2) is 11.5 Å². The van der Waals surface area contributed by atoms with E-state index in [-0.39, 0.29) is 24.2 Å². The number of carbonyl (C=O) groups is 2. The van der Waals surface area contributed by atoms with Gasteiger partial charge in [-0.2, -0.15) is 0 Å². The number of hydrogen-bond acceptors (Lipinski definition) is 6. The maximum absolute atomic E-state index is 14.5. The van der Waals surface area contributed by atoms with Gasteiger partial charge in [0.05, 0.1) is 11.4 Å². The van der Waals surface area contributed by atoms with Crippen molar-refractivity contribution < 1.29 is 27.5 Å². The average molecular weight is 620 g/mol. The van der Waals surface area contributed by atoms with Crippen molar-refractivity contribution in [1.82, 2.24) is 10.2 Å². The second-order valence-electron chi connectivity index (χ2n) is 11.4. The van der Waals surface area contributed by atoms with Crippen LogP contribution in [-0.4, -0.2) is 62.7 Å². The Balaban J connectivity index is 1.53. The molecule has 10 heteroatoms. The van der Waals surface area contributed by atoms with E-state index in [0.717, 1.165) is 46.7 Å². The molecule has 1 fully saturated rings. The Bertz CT molecular complexity index is 1560. The topological polar surface area (TPSA) is 105 Å². The predicted molar refractivity (Wildman–Crippen MR) is 170 cm³/mol. The number of nitrogens with one attached hydrogen (secondary N) is 1. The Hall–Kier alpha value is -4.05. The first-order chi connectivity index (χ1) is 21.2.